The first-order valence-corrected chi connectivity index (χ1v) is 11.5. The van der Waals surface area contributed by atoms with E-state index in [-0.39, 0.29) is 12.7 Å². The van der Waals surface area contributed by atoms with Crippen LogP contribution in [0, 0.1) is 0 Å². The number of benzene rings is 2. The number of aryl methyl sites for hydroxylation is 1. The van der Waals surface area contributed by atoms with Gasteiger partial charge in [0.15, 0.2) is 11.5 Å². The number of aliphatic hydroxyl groups is 1. The highest BCUT2D eigenvalue weighted by Gasteiger charge is 2.21. The molecule has 1 saturated carbocycles. The third-order valence-corrected chi connectivity index (χ3v) is 6.00. The van der Waals surface area contributed by atoms with Gasteiger partial charge in [-0.15, -0.1) is 0 Å². The van der Waals surface area contributed by atoms with Gasteiger partial charge in [0.1, 0.15) is 0 Å². The summed E-state index contributed by atoms with van der Waals surface area (Å²) in [5.41, 5.74) is 4.50. The molecule has 32 heavy (non-hydrogen) atoms. The predicted molar refractivity (Wildman–Crippen MR) is 128 cm³/mol. The molecule has 0 bridgehead atoms. The smallest absolute Gasteiger partial charge is 0.163 e. The van der Waals surface area contributed by atoms with Gasteiger partial charge in [-0.05, 0) is 73.9 Å². The lowest BCUT2D eigenvalue weighted by Gasteiger charge is -2.28. The molecule has 1 aliphatic rings. The summed E-state index contributed by atoms with van der Waals surface area (Å²) in [6, 6.07) is 18.6. The zero-order valence-electron chi connectivity index (χ0n) is 18.7. The van der Waals surface area contributed by atoms with Crippen LogP contribution < -0.4 is 14.4 Å². The van der Waals surface area contributed by atoms with Crippen molar-refractivity contribution in [1.82, 2.24) is 4.98 Å². The molecule has 1 heterocycles. The molecular formula is C27H32N2O3. The van der Waals surface area contributed by atoms with Crippen molar-refractivity contribution in [3.8, 4) is 11.5 Å². The van der Waals surface area contributed by atoms with E-state index in [1.165, 1.54) is 18.4 Å². The van der Waals surface area contributed by atoms with Crippen molar-refractivity contribution in [2.75, 3.05) is 18.6 Å². The number of hydrogen-bond donors (Lipinski definition) is 1. The summed E-state index contributed by atoms with van der Waals surface area (Å²) < 4.78 is 12.0. The largest absolute Gasteiger partial charge is 0.493 e. The molecule has 1 fully saturated rings. The number of nitrogens with zero attached hydrogens (tertiary/aromatic N) is 2. The van der Waals surface area contributed by atoms with Crippen molar-refractivity contribution >= 4 is 11.4 Å². The van der Waals surface area contributed by atoms with Gasteiger partial charge in [0.25, 0.3) is 0 Å². The molecule has 0 atom stereocenters. The van der Waals surface area contributed by atoms with Crippen LogP contribution in [0.25, 0.3) is 0 Å². The SMILES string of the molecule is COc1ccc(N(Cc2cccnc2)c2ccccc2CCCO)cc1OC1CCCC1. The minimum atomic E-state index is 0.179. The highest BCUT2D eigenvalue weighted by molar-refractivity contribution is 5.69. The fourth-order valence-electron chi connectivity index (χ4n) is 4.36. The third-order valence-electron chi connectivity index (χ3n) is 6.00. The zero-order valence-corrected chi connectivity index (χ0v) is 18.7. The van der Waals surface area contributed by atoms with Crippen LogP contribution in [0.1, 0.15) is 43.2 Å². The molecule has 0 spiro atoms. The van der Waals surface area contributed by atoms with Gasteiger partial charge in [0, 0.05) is 43.0 Å². The Hall–Kier alpha value is -3.05. The molecule has 2 aromatic carbocycles. The maximum atomic E-state index is 9.39. The highest BCUT2D eigenvalue weighted by Crippen LogP contribution is 2.38. The number of ether oxygens (including phenoxy) is 2. The van der Waals surface area contributed by atoms with Gasteiger partial charge < -0.3 is 19.5 Å². The zero-order chi connectivity index (χ0) is 22.2. The molecule has 1 N–H and O–H groups in total. The minimum absolute atomic E-state index is 0.179. The fraction of sp³-hybridized carbons (Fsp3) is 0.370. The predicted octanol–water partition coefficient (Wildman–Crippen LogP) is 5.67. The topological polar surface area (TPSA) is 54.8 Å². The van der Waals surface area contributed by atoms with Crippen molar-refractivity contribution in [3.05, 3.63) is 78.1 Å². The summed E-state index contributed by atoms with van der Waals surface area (Å²) in [4.78, 5) is 6.60. The van der Waals surface area contributed by atoms with Crippen LogP contribution in [0.5, 0.6) is 11.5 Å². The number of hydrogen-bond acceptors (Lipinski definition) is 5. The standard InChI is InChI=1S/C27H32N2O3/c1-31-26-15-14-23(18-27(26)32-24-11-3-4-12-24)29(20-21-8-6-16-28-19-21)25-13-5-2-9-22(25)10-7-17-30/h2,5-6,8-9,13-16,18-19,24,30H,3-4,7,10-12,17,20H2,1H3. The molecular weight excluding hydrogens is 400 g/mol. The Morgan fingerprint density at radius 1 is 1.03 bits per heavy atom. The Bertz CT molecular complexity index is 987. The van der Waals surface area contributed by atoms with E-state index >= 15 is 0 Å². The van der Waals surface area contributed by atoms with E-state index in [1.54, 1.807) is 13.3 Å². The van der Waals surface area contributed by atoms with Crippen molar-refractivity contribution < 1.29 is 14.6 Å². The van der Waals surface area contributed by atoms with Gasteiger partial charge in [-0.2, -0.15) is 0 Å². The molecule has 4 rings (SSSR count). The molecule has 3 aromatic rings. The van der Waals surface area contributed by atoms with Crippen molar-refractivity contribution in [2.45, 2.75) is 51.2 Å². The Kier molecular flexibility index (Phi) is 7.62. The van der Waals surface area contributed by atoms with Crippen molar-refractivity contribution in [1.29, 1.82) is 0 Å². The van der Waals surface area contributed by atoms with Crippen molar-refractivity contribution in [3.63, 3.8) is 0 Å². The normalized spacial score (nSPS) is 13.8. The Morgan fingerprint density at radius 3 is 2.62 bits per heavy atom. The third kappa shape index (κ3) is 5.40. The van der Waals surface area contributed by atoms with Gasteiger partial charge in [-0.3, -0.25) is 4.98 Å². The van der Waals surface area contributed by atoms with Gasteiger partial charge >= 0.3 is 0 Å². The summed E-state index contributed by atoms with van der Waals surface area (Å²) in [6.45, 7) is 0.859. The number of para-hydroxylation sites is 1. The summed E-state index contributed by atoms with van der Waals surface area (Å²) in [6.07, 6.45) is 10.1. The minimum Gasteiger partial charge on any atom is -0.493 e. The average molecular weight is 433 g/mol. The Balaban J connectivity index is 1.73. The molecule has 0 radical (unpaired) electrons. The quantitative estimate of drug-likeness (QED) is 0.447. The summed E-state index contributed by atoms with van der Waals surface area (Å²) in [7, 11) is 1.69. The maximum Gasteiger partial charge on any atom is 0.163 e. The van der Waals surface area contributed by atoms with E-state index in [2.05, 4.69) is 52.3 Å². The molecule has 0 unspecified atom stereocenters. The van der Waals surface area contributed by atoms with E-state index in [9.17, 15) is 5.11 Å². The Morgan fingerprint density at radius 2 is 1.88 bits per heavy atom. The molecule has 5 heteroatoms. The first kappa shape index (κ1) is 22.2. The fourth-order valence-corrected chi connectivity index (χ4v) is 4.36. The molecule has 1 aromatic heterocycles. The summed E-state index contributed by atoms with van der Waals surface area (Å²) in [5, 5.41) is 9.39. The lowest BCUT2D eigenvalue weighted by atomic mass is 10.1. The number of rotatable bonds is 10. The van der Waals surface area contributed by atoms with Crippen LogP contribution in [0.4, 0.5) is 11.4 Å². The second kappa shape index (κ2) is 11.0. The molecule has 168 valence electrons. The summed E-state index contributed by atoms with van der Waals surface area (Å²) >= 11 is 0. The number of aliphatic hydroxyl groups excluding tert-OH is 1. The number of methoxy groups -OCH3 is 1. The van der Waals surface area contributed by atoms with E-state index in [0.29, 0.717) is 6.54 Å². The summed E-state index contributed by atoms with van der Waals surface area (Å²) in [5.74, 6) is 1.55. The molecule has 1 aliphatic carbocycles. The van der Waals surface area contributed by atoms with Crippen LogP contribution >= 0.6 is 0 Å². The highest BCUT2D eigenvalue weighted by atomic mass is 16.5. The number of aromatic nitrogens is 1. The van der Waals surface area contributed by atoms with Gasteiger partial charge in [-0.25, -0.2) is 0 Å². The van der Waals surface area contributed by atoms with Crippen molar-refractivity contribution in [2.24, 2.45) is 0 Å². The lowest BCUT2D eigenvalue weighted by Crippen LogP contribution is -2.19. The van der Waals surface area contributed by atoms with Crippen LogP contribution in [0.2, 0.25) is 0 Å². The Labute approximate surface area is 190 Å². The molecule has 0 saturated heterocycles. The first-order chi connectivity index (χ1) is 15.8. The second-order valence-electron chi connectivity index (χ2n) is 8.26. The van der Waals surface area contributed by atoms with Gasteiger partial charge in [-0.1, -0.05) is 24.3 Å². The van der Waals surface area contributed by atoms with Crippen LogP contribution in [0.3, 0.4) is 0 Å². The van der Waals surface area contributed by atoms with Gasteiger partial charge in [0.2, 0.25) is 0 Å². The molecule has 5 nitrogen and oxygen atoms in total. The number of anilines is 2. The maximum absolute atomic E-state index is 9.39. The second-order valence-corrected chi connectivity index (χ2v) is 8.26. The monoisotopic (exact) mass is 432 g/mol. The van der Waals surface area contributed by atoms with Gasteiger partial charge in [0.05, 0.1) is 13.2 Å². The molecule has 0 aliphatic heterocycles. The van der Waals surface area contributed by atoms with Crippen LogP contribution in [-0.2, 0) is 13.0 Å². The van der Waals surface area contributed by atoms with Crippen LogP contribution in [0.15, 0.2) is 67.0 Å². The lowest BCUT2D eigenvalue weighted by molar-refractivity contribution is 0.201. The molecule has 0 amide bonds. The van der Waals surface area contributed by atoms with E-state index in [0.717, 1.165) is 54.1 Å². The first-order valence-electron chi connectivity index (χ1n) is 11.5. The average Bonchev–Trinajstić information content (AvgIpc) is 3.35. The van der Waals surface area contributed by atoms with E-state index < -0.39 is 0 Å². The van der Waals surface area contributed by atoms with E-state index in [4.69, 9.17) is 9.47 Å². The van der Waals surface area contributed by atoms with E-state index in [1.807, 2.05) is 18.3 Å². The van der Waals surface area contributed by atoms with Crippen LogP contribution in [-0.4, -0.2) is 29.9 Å². The number of pyridine rings is 1.